The van der Waals surface area contributed by atoms with Gasteiger partial charge in [-0.15, -0.1) is 0 Å². The number of hydrogen-bond acceptors (Lipinski definition) is 2. The standard InChI is InChI=1S/C10H23NO/c1-3-5-6-9(4-2)10(11)7-8-12/h9-10,12H,3-8,11H2,1-2H3. The van der Waals surface area contributed by atoms with Crippen LogP contribution < -0.4 is 5.73 Å². The molecule has 3 N–H and O–H groups in total. The first-order chi connectivity index (χ1) is 5.76. The van der Waals surface area contributed by atoms with Gasteiger partial charge in [0.2, 0.25) is 0 Å². The molecule has 0 aromatic heterocycles. The van der Waals surface area contributed by atoms with Gasteiger partial charge in [-0.25, -0.2) is 0 Å². The summed E-state index contributed by atoms with van der Waals surface area (Å²) in [5.74, 6) is 0.608. The van der Waals surface area contributed by atoms with E-state index >= 15 is 0 Å². The van der Waals surface area contributed by atoms with Crippen LogP contribution in [0.3, 0.4) is 0 Å². The van der Waals surface area contributed by atoms with E-state index in [4.69, 9.17) is 10.8 Å². The molecule has 2 heteroatoms. The van der Waals surface area contributed by atoms with Gasteiger partial charge in [0.15, 0.2) is 0 Å². The molecule has 0 saturated heterocycles. The lowest BCUT2D eigenvalue weighted by atomic mass is 9.90. The lowest BCUT2D eigenvalue weighted by Crippen LogP contribution is -2.30. The Morgan fingerprint density at radius 2 is 1.92 bits per heavy atom. The zero-order chi connectivity index (χ0) is 9.40. The molecule has 0 bridgehead atoms. The maximum absolute atomic E-state index is 8.73. The minimum Gasteiger partial charge on any atom is -0.396 e. The maximum atomic E-state index is 8.73. The molecule has 0 fully saturated rings. The second-order valence-corrected chi connectivity index (χ2v) is 3.49. The van der Waals surface area contributed by atoms with Crippen molar-refractivity contribution >= 4 is 0 Å². The lowest BCUT2D eigenvalue weighted by molar-refractivity contribution is 0.246. The molecule has 2 atom stereocenters. The molecule has 0 aromatic rings. The van der Waals surface area contributed by atoms with Gasteiger partial charge < -0.3 is 10.8 Å². The highest BCUT2D eigenvalue weighted by molar-refractivity contribution is 4.71. The topological polar surface area (TPSA) is 46.2 Å². The predicted octanol–water partition coefficient (Wildman–Crippen LogP) is 1.91. The minimum atomic E-state index is 0.201. The van der Waals surface area contributed by atoms with Crippen LogP contribution in [0.15, 0.2) is 0 Å². The Kier molecular flexibility index (Phi) is 7.51. The van der Waals surface area contributed by atoms with Crippen molar-refractivity contribution in [3.05, 3.63) is 0 Å². The molecule has 0 rings (SSSR count). The van der Waals surface area contributed by atoms with E-state index in [9.17, 15) is 0 Å². The van der Waals surface area contributed by atoms with Crippen LogP contribution in [0.5, 0.6) is 0 Å². The van der Waals surface area contributed by atoms with Crippen molar-refractivity contribution < 1.29 is 5.11 Å². The SMILES string of the molecule is CCCCC(CC)C(N)CCO. The van der Waals surface area contributed by atoms with Crippen LogP contribution >= 0.6 is 0 Å². The van der Waals surface area contributed by atoms with E-state index < -0.39 is 0 Å². The summed E-state index contributed by atoms with van der Waals surface area (Å²) in [5, 5.41) is 8.73. The van der Waals surface area contributed by atoms with Crippen LogP contribution in [0.2, 0.25) is 0 Å². The highest BCUT2D eigenvalue weighted by Crippen LogP contribution is 2.17. The van der Waals surface area contributed by atoms with E-state index in [1.54, 1.807) is 0 Å². The van der Waals surface area contributed by atoms with Gasteiger partial charge in [-0.3, -0.25) is 0 Å². The van der Waals surface area contributed by atoms with Crippen molar-refractivity contribution in [1.29, 1.82) is 0 Å². The molecule has 0 amide bonds. The third-order valence-electron chi connectivity index (χ3n) is 2.52. The normalized spacial score (nSPS) is 16.0. The number of aliphatic hydroxyl groups excluding tert-OH is 1. The summed E-state index contributed by atoms with van der Waals surface area (Å²) >= 11 is 0. The summed E-state index contributed by atoms with van der Waals surface area (Å²) < 4.78 is 0. The Labute approximate surface area is 76.2 Å². The summed E-state index contributed by atoms with van der Waals surface area (Å²) in [7, 11) is 0. The highest BCUT2D eigenvalue weighted by Gasteiger charge is 2.14. The molecule has 0 aliphatic rings. The van der Waals surface area contributed by atoms with E-state index in [0.29, 0.717) is 5.92 Å². The fourth-order valence-electron chi connectivity index (χ4n) is 1.57. The van der Waals surface area contributed by atoms with Gasteiger partial charge in [-0.2, -0.15) is 0 Å². The fourth-order valence-corrected chi connectivity index (χ4v) is 1.57. The largest absolute Gasteiger partial charge is 0.396 e. The number of aliphatic hydroxyl groups is 1. The Morgan fingerprint density at radius 1 is 1.25 bits per heavy atom. The molecule has 0 spiro atoms. The summed E-state index contributed by atoms with van der Waals surface area (Å²) in [6.45, 7) is 4.60. The van der Waals surface area contributed by atoms with Gasteiger partial charge in [-0.05, 0) is 18.8 Å². The predicted molar refractivity (Wildman–Crippen MR) is 53.0 cm³/mol. The first kappa shape index (κ1) is 11.9. The first-order valence-electron chi connectivity index (χ1n) is 5.12. The second-order valence-electron chi connectivity index (χ2n) is 3.49. The zero-order valence-corrected chi connectivity index (χ0v) is 8.42. The van der Waals surface area contributed by atoms with Crippen LogP contribution in [0.25, 0.3) is 0 Å². The van der Waals surface area contributed by atoms with Crippen LogP contribution in [-0.2, 0) is 0 Å². The molecular weight excluding hydrogens is 150 g/mol. The first-order valence-corrected chi connectivity index (χ1v) is 5.12. The van der Waals surface area contributed by atoms with Crippen molar-refractivity contribution in [2.24, 2.45) is 11.7 Å². The molecule has 2 unspecified atom stereocenters. The maximum Gasteiger partial charge on any atom is 0.0445 e. The van der Waals surface area contributed by atoms with Gasteiger partial charge in [0, 0.05) is 12.6 Å². The highest BCUT2D eigenvalue weighted by atomic mass is 16.3. The number of unbranched alkanes of at least 4 members (excludes halogenated alkanes) is 1. The van der Waals surface area contributed by atoms with Crippen molar-refractivity contribution in [2.75, 3.05) is 6.61 Å². The third-order valence-corrected chi connectivity index (χ3v) is 2.52. The van der Waals surface area contributed by atoms with E-state index in [2.05, 4.69) is 13.8 Å². The molecule has 0 aromatic carbocycles. The quantitative estimate of drug-likeness (QED) is 0.618. The van der Waals surface area contributed by atoms with Crippen LogP contribution in [0.1, 0.15) is 46.0 Å². The van der Waals surface area contributed by atoms with Gasteiger partial charge in [0.25, 0.3) is 0 Å². The fraction of sp³-hybridized carbons (Fsp3) is 1.00. The second kappa shape index (κ2) is 7.56. The third kappa shape index (κ3) is 4.73. The number of hydrogen-bond donors (Lipinski definition) is 2. The Morgan fingerprint density at radius 3 is 2.33 bits per heavy atom. The summed E-state index contributed by atoms with van der Waals surface area (Å²) in [4.78, 5) is 0. The number of nitrogens with two attached hydrogens (primary N) is 1. The monoisotopic (exact) mass is 173 g/mol. The molecule has 0 saturated carbocycles. The molecule has 0 radical (unpaired) electrons. The molecule has 0 heterocycles. The van der Waals surface area contributed by atoms with Crippen LogP contribution in [0.4, 0.5) is 0 Å². The van der Waals surface area contributed by atoms with Crippen molar-refractivity contribution in [1.82, 2.24) is 0 Å². The lowest BCUT2D eigenvalue weighted by Gasteiger charge is -2.21. The Hall–Kier alpha value is -0.0800. The molecule has 2 nitrogen and oxygen atoms in total. The summed E-state index contributed by atoms with van der Waals surface area (Å²) in [6.07, 6.45) is 5.61. The van der Waals surface area contributed by atoms with Crippen molar-refractivity contribution in [2.45, 2.75) is 52.0 Å². The van der Waals surface area contributed by atoms with E-state index in [1.165, 1.54) is 19.3 Å². The van der Waals surface area contributed by atoms with E-state index in [-0.39, 0.29) is 12.6 Å². The van der Waals surface area contributed by atoms with Crippen LogP contribution in [0, 0.1) is 5.92 Å². The van der Waals surface area contributed by atoms with Gasteiger partial charge in [0.05, 0.1) is 0 Å². The Balaban J connectivity index is 3.62. The van der Waals surface area contributed by atoms with Crippen molar-refractivity contribution in [3.63, 3.8) is 0 Å². The average molecular weight is 173 g/mol. The summed E-state index contributed by atoms with van der Waals surface area (Å²) in [6, 6.07) is 0.201. The van der Waals surface area contributed by atoms with E-state index in [1.807, 2.05) is 0 Å². The molecule has 74 valence electrons. The van der Waals surface area contributed by atoms with E-state index in [0.717, 1.165) is 12.8 Å². The molecule has 0 aliphatic heterocycles. The average Bonchev–Trinajstić information content (AvgIpc) is 2.06. The van der Waals surface area contributed by atoms with Gasteiger partial charge in [-0.1, -0.05) is 33.1 Å². The molecular formula is C10H23NO. The zero-order valence-electron chi connectivity index (χ0n) is 8.42. The molecule has 0 aliphatic carbocycles. The van der Waals surface area contributed by atoms with Gasteiger partial charge >= 0.3 is 0 Å². The smallest absolute Gasteiger partial charge is 0.0445 e. The van der Waals surface area contributed by atoms with Crippen LogP contribution in [-0.4, -0.2) is 17.8 Å². The molecule has 12 heavy (non-hydrogen) atoms. The Bertz CT molecular complexity index is 95.8. The number of rotatable bonds is 7. The van der Waals surface area contributed by atoms with Gasteiger partial charge in [0.1, 0.15) is 0 Å². The minimum absolute atomic E-state index is 0.201. The van der Waals surface area contributed by atoms with Crippen molar-refractivity contribution in [3.8, 4) is 0 Å². The summed E-state index contributed by atoms with van der Waals surface area (Å²) in [5.41, 5.74) is 5.92.